The number of nitrogens with zero attached hydrogens (tertiary/aromatic N) is 1. The quantitative estimate of drug-likeness (QED) is 0.370. The van der Waals surface area contributed by atoms with Gasteiger partial charge in [0.05, 0.1) is 44.5 Å². The van der Waals surface area contributed by atoms with Crippen molar-refractivity contribution in [2.45, 2.75) is 6.61 Å². The highest BCUT2D eigenvalue weighted by Gasteiger charge is 2.20. The summed E-state index contributed by atoms with van der Waals surface area (Å²) in [5.74, 6) is -0.533. The van der Waals surface area contributed by atoms with Crippen molar-refractivity contribution >= 4 is 17.6 Å². The molecule has 0 spiro atoms. The molecule has 2 rings (SSSR count). The standard InChI is InChI=1S/C19H19NO9/c1-25-15-5-11(6-16(26-2)17(15)27-3)10-29-19(22)13-7-12(18(21)28-4)8-14(9-13)20(23)24/h5-9H,10H2,1-4H3. The molecule has 0 amide bonds. The predicted octanol–water partition coefficient (Wildman–Crippen LogP) is 2.76. The average molecular weight is 405 g/mol. The van der Waals surface area contributed by atoms with E-state index < -0.39 is 22.5 Å². The normalized spacial score (nSPS) is 10.1. The van der Waals surface area contributed by atoms with Crippen molar-refractivity contribution in [2.75, 3.05) is 28.4 Å². The molecule has 0 aliphatic carbocycles. The molecule has 0 N–H and O–H groups in total. The Morgan fingerprint density at radius 1 is 0.862 bits per heavy atom. The number of non-ortho nitro benzene ring substituents is 1. The second-order valence-electron chi connectivity index (χ2n) is 5.63. The van der Waals surface area contributed by atoms with Crippen LogP contribution in [0.1, 0.15) is 26.3 Å². The van der Waals surface area contributed by atoms with E-state index in [0.717, 1.165) is 25.3 Å². The first-order valence-electron chi connectivity index (χ1n) is 8.18. The SMILES string of the molecule is COC(=O)c1cc(C(=O)OCc2cc(OC)c(OC)c(OC)c2)cc([N+](=O)[O-])c1. The minimum atomic E-state index is -0.854. The van der Waals surface area contributed by atoms with Gasteiger partial charge in [-0.25, -0.2) is 9.59 Å². The van der Waals surface area contributed by atoms with Crippen LogP contribution < -0.4 is 14.2 Å². The fraction of sp³-hybridized carbons (Fsp3) is 0.263. The van der Waals surface area contributed by atoms with Crippen LogP contribution in [0.4, 0.5) is 5.69 Å². The molecule has 0 aliphatic rings. The van der Waals surface area contributed by atoms with E-state index in [2.05, 4.69) is 4.74 Å². The number of hydrogen-bond donors (Lipinski definition) is 0. The van der Waals surface area contributed by atoms with Gasteiger partial charge in [-0.15, -0.1) is 0 Å². The molecule has 0 saturated heterocycles. The van der Waals surface area contributed by atoms with Crippen molar-refractivity contribution in [3.63, 3.8) is 0 Å². The summed E-state index contributed by atoms with van der Waals surface area (Å²) < 4.78 is 25.5. The minimum Gasteiger partial charge on any atom is -0.493 e. The van der Waals surface area contributed by atoms with Crippen molar-refractivity contribution in [3.8, 4) is 17.2 Å². The van der Waals surface area contributed by atoms with Gasteiger partial charge in [-0.2, -0.15) is 0 Å². The topological polar surface area (TPSA) is 123 Å². The van der Waals surface area contributed by atoms with Crippen molar-refractivity contribution in [1.82, 2.24) is 0 Å². The van der Waals surface area contributed by atoms with E-state index in [0.29, 0.717) is 22.8 Å². The molecule has 0 fully saturated rings. The molecule has 0 atom stereocenters. The summed E-state index contributed by atoms with van der Waals surface area (Å²) in [5, 5.41) is 11.1. The number of ether oxygens (including phenoxy) is 5. The van der Waals surface area contributed by atoms with Crippen LogP contribution in [0.3, 0.4) is 0 Å². The number of esters is 2. The van der Waals surface area contributed by atoms with Gasteiger partial charge in [0.1, 0.15) is 6.61 Å². The lowest BCUT2D eigenvalue weighted by Crippen LogP contribution is -2.09. The van der Waals surface area contributed by atoms with Crippen LogP contribution in [-0.2, 0) is 16.1 Å². The summed E-state index contributed by atoms with van der Waals surface area (Å²) in [5.41, 5.74) is -0.201. The lowest BCUT2D eigenvalue weighted by molar-refractivity contribution is -0.384. The van der Waals surface area contributed by atoms with Gasteiger partial charge in [-0.1, -0.05) is 0 Å². The maximum Gasteiger partial charge on any atom is 0.338 e. The maximum absolute atomic E-state index is 12.4. The summed E-state index contributed by atoms with van der Waals surface area (Å²) in [4.78, 5) is 34.5. The van der Waals surface area contributed by atoms with E-state index >= 15 is 0 Å². The number of carbonyl (C=O) groups is 2. The molecule has 0 unspecified atom stereocenters. The molecule has 10 nitrogen and oxygen atoms in total. The highest BCUT2D eigenvalue weighted by Crippen LogP contribution is 2.38. The fourth-order valence-corrected chi connectivity index (χ4v) is 2.52. The number of carbonyl (C=O) groups excluding carboxylic acids is 2. The number of nitro benzene ring substituents is 1. The van der Waals surface area contributed by atoms with Crippen LogP contribution in [0, 0.1) is 10.1 Å². The molecule has 0 bridgehead atoms. The van der Waals surface area contributed by atoms with Gasteiger partial charge in [0.25, 0.3) is 5.69 Å². The first-order valence-corrected chi connectivity index (χ1v) is 8.18. The molecule has 29 heavy (non-hydrogen) atoms. The second kappa shape index (κ2) is 9.40. The maximum atomic E-state index is 12.4. The Kier molecular flexibility index (Phi) is 6.96. The van der Waals surface area contributed by atoms with E-state index in [1.807, 2.05) is 0 Å². The number of rotatable bonds is 8. The molecule has 0 heterocycles. The molecule has 2 aromatic rings. The van der Waals surface area contributed by atoms with Gasteiger partial charge < -0.3 is 23.7 Å². The smallest absolute Gasteiger partial charge is 0.338 e. The van der Waals surface area contributed by atoms with Crippen molar-refractivity contribution < 1.29 is 38.2 Å². The third kappa shape index (κ3) is 4.92. The minimum absolute atomic E-state index is 0.138. The molecule has 0 saturated carbocycles. The van der Waals surface area contributed by atoms with E-state index in [4.69, 9.17) is 18.9 Å². The zero-order chi connectivity index (χ0) is 21.6. The summed E-state index contributed by atoms with van der Waals surface area (Å²) >= 11 is 0. The number of methoxy groups -OCH3 is 4. The van der Waals surface area contributed by atoms with Gasteiger partial charge >= 0.3 is 11.9 Å². The monoisotopic (exact) mass is 405 g/mol. The molecule has 10 heteroatoms. The van der Waals surface area contributed by atoms with Crippen molar-refractivity contribution in [2.24, 2.45) is 0 Å². The zero-order valence-electron chi connectivity index (χ0n) is 16.2. The van der Waals surface area contributed by atoms with E-state index in [1.54, 1.807) is 12.1 Å². The van der Waals surface area contributed by atoms with Gasteiger partial charge in [-0.3, -0.25) is 10.1 Å². The first-order chi connectivity index (χ1) is 13.8. The van der Waals surface area contributed by atoms with E-state index in [1.165, 1.54) is 21.3 Å². The Labute approximate surface area is 166 Å². The Bertz CT molecular complexity index is 914. The molecule has 0 radical (unpaired) electrons. The third-order valence-electron chi connectivity index (χ3n) is 3.88. The largest absolute Gasteiger partial charge is 0.493 e. The van der Waals surface area contributed by atoms with Crippen LogP contribution in [-0.4, -0.2) is 45.3 Å². The van der Waals surface area contributed by atoms with Crippen molar-refractivity contribution in [1.29, 1.82) is 0 Å². The fourth-order valence-electron chi connectivity index (χ4n) is 2.52. The third-order valence-corrected chi connectivity index (χ3v) is 3.88. The Hall–Kier alpha value is -3.82. The average Bonchev–Trinajstić information content (AvgIpc) is 2.75. The lowest BCUT2D eigenvalue weighted by atomic mass is 10.1. The molecule has 154 valence electrons. The van der Waals surface area contributed by atoms with E-state index in [9.17, 15) is 19.7 Å². The number of benzene rings is 2. The summed E-state index contributed by atoms with van der Waals surface area (Å²) in [6, 6.07) is 6.39. The Morgan fingerprint density at radius 3 is 1.86 bits per heavy atom. The summed E-state index contributed by atoms with van der Waals surface area (Å²) in [6.45, 7) is -0.175. The summed E-state index contributed by atoms with van der Waals surface area (Å²) in [6.07, 6.45) is 0. The Morgan fingerprint density at radius 2 is 1.41 bits per heavy atom. The Balaban J connectivity index is 2.28. The first kappa shape index (κ1) is 21.5. The van der Waals surface area contributed by atoms with E-state index in [-0.39, 0.29) is 17.7 Å². The predicted molar refractivity (Wildman–Crippen MR) is 99.7 cm³/mol. The van der Waals surface area contributed by atoms with Crippen LogP contribution in [0.25, 0.3) is 0 Å². The van der Waals surface area contributed by atoms with Gasteiger partial charge in [0, 0.05) is 12.1 Å². The zero-order valence-corrected chi connectivity index (χ0v) is 16.2. The molecule has 0 aromatic heterocycles. The number of hydrogen-bond acceptors (Lipinski definition) is 9. The van der Waals surface area contributed by atoms with Crippen molar-refractivity contribution in [3.05, 3.63) is 57.1 Å². The van der Waals surface area contributed by atoms with Gasteiger partial charge in [0.15, 0.2) is 11.5 Å². The highest BCUT2D eigenvalue weighted by atomic mass is 16.6. The van der Waals surface area contributed by atoms with Crippen LogP contribution in [0.15, 0.2) is 30.3 Å². The highest BCUT2D eigenvalue weighted by molar-refractivity contribution is 5.96. The molecular weight excluding hydrogens is 386 g/mol. The van der Waals surface area contributed by atoms with Crippen LogP contribution in [0.5, 0.6) is 17.2 Å². The van der Waals surface area contributed by atoms with Crippen LogP contribution >= 0.6 is 0 Å². The van der Waals surface area contributed by atoms with Gasteiger partial charge in [0.2, 0.25) is 5.75 Å². The molecular formula is C19H19NO9. The lowest BCUT2D eigenvalue weighted by Gasteiger charge is -2.14. The van der Waals surface area contributed by atoms with Gasteiger partial charge in [-0.05, 0) is 23.8 Å². The molecule has 0 aliphatic heterocycles. The molecule has 2 aromatic carbocycles. The van der Waals surface area contributed by atoms with Crippen LogP contribution in [0.2, 0.25) is 0 Å². The number of nitro groups is 1. The summed E-state index contributed by atoms with van der Waals surface area (Å²) in [7, 11) is 5.49. The second-order valence-corrected chi connectivity index (χ2v) is 5.63.